The maximum absolute atomic E-state index is 15.3. The van der Waals surface area contributed by atoms with Crippen molar-refractivity contribution < 1.29 is 13.9 Å². The minimum atomic E-state index is -0.387. The van der Waals surface area contributed by atoms with E-state index in [0.29, 0.717) is 82.9 Å². The van der Waals surface area contributed by atoms with Crippen LogP contribution in [-0.4, -0.2) is 58.2 Å². The number of carbonyl (C=O) groups excluding carboxylic acids is 1. The van der Waals surface area contributed by atoms with E-state index < -0.39 is 0 Å². The summed E-state index contributed by atoms with van der Waals surface area (Å²) in [6.07, 6.45) is 4.26. The number of aromatic nitrogens is 3. The van der Waals surface area contributed by atoms with Gasteiger partial charge in [0.1, 0.15) is 32.8 Å². The summed E-state index contributed by atoms with van der Waals surface area (Å²) in [7, 11) is 0. The van der Waals surface area contributed by atoms with Crippen LogP contribution in [0.2, 0.25) is 0 Å². The van der Waals surface area contributed by atoms with Crippen LogP contribution < -0.4 is 21.7 Å². The van der Waals surface area contributed by atoms with E-state index >= 15 is 4.39 Å². The standard InChI is InChI=1S/C25H30FN7O2S/c1-12-5-6-35-25(12)11-33(10-19(25)27)20-8-17(26)15-7-14(3-4-18(15)32-20)31-23(34)22-21(28)16-9-29-13(2)30-24(16)36-22/h8-9,12,14,19H,3-7,10-11,27-28H2,1-2H3,(H,31,34). The second kappa shape index (κ2) is 8.60. The Morgan fingerprint density at radius 2 is 2.19 bits per heavy atom. The van der Waals surface area contributed by atoms with E-state index in [1.54, 1.807) is 13.1 Å². The fourth-order valence-electron chi connectivity index (χ4n) is 5.88. The Labute approximate surface area is 212 Å². The predicted molar refractivity (Wildman–Crippen MR) is 137 cm³/mol. The Kier molecular flexibility index (Phi) is 5.62. The molecule has 36 heavy (non-hydrogen) atoms. The number of aryl methyl sites for hydroxylation is 2. The maximum Gasteiger partial charge on any atom is 0.263 e. The van der Waals surface area contributed by atoms with Crippen molar-refractivity contribution in [1.29, 1.82) is 0 Å². The van der Waals surface area contributed by atoms with Crippen LogP contribution >= 0.6 is 11.3 Å². The second-order valence-electron chi connectivity index (χ2n) is 10.3. The van der Waals surface area contributed by atoms with Crippen LogP contribution in [0.25, 0.3) is 10.2 Å². The molecule has 4 atom stereocenters. The van der Waals surface area contributed by atoms with Gasteiger partial charge in [0, 0.05) is 42.7 Å². The number of carbonyl (C=O) groups is 1. The van der Waals surface area contributed by atoms with Crippen LogP contribution in [0.5, 0.6) is 0 Å². The van der Waals surface area contributed by atoms with E-state index in [9.17, 15) is 4.79 Å². The number of halogens is 1. The molecule has 2 saturated heterocycles. The van der Waals surface area contributed by atoms with Gasteiger partial charge in [-0.3, -0.25) is 4.79 Å². The molecule has 3 aromatic rings. The number of hydrogen-bond acceptors (Lipinski definition) is 9. The summed E-state index contributed by atoms with van der Waals surface area (Å²) in [5.74, 6) is 1.02. The molecular weight excluding hydrogens is 481 g/mol. The van der Waals surface area contributed by atoms with Gasteiger partial charge >= 0.3 is 0 Å². The molecule has 11 heteroatoms. The number of fused-ring (bicyclic) bond motifs is 2. The fourth-order valence-corrected chi connectivity index (χ4v) is 6.90. The van der Waals surface area contributed by atoms with Crippen molar-refractivity contribution in [3.8, 4) is 0 Å². The number of ether oxygens (including phenoxy) is 1. The number of nitrogens with two attached hydrogens (primary N) is 2. The van der Waals surface area contributed by atoms with Gasteiger partial charge in [0.2, 0.25) is 0 Å². The van der Waals surface area contributed by atoms with Crippen molar-refractivity contribution in [2.75, 3.05) is 30.3 Å². The van der Waals surface area contributed by atoms with Gasteiger partial charge < -0.3 is 26.4 Å². The molecule has 0 radical (unpaired) electrons. The molecule has 1 spiro atoms. The Morgan fingerprint density at radius 1 is 1.36 bits per heavy atom. The molecule has 5 heterocycles. The summed E-state index contributed by atoms with van der Waals surface area (Å²) in [5.41, 5.74) is 14.0. The number of nitrogens with zero attached hydrogens (tertiary/aromatic N) is 4. The molecule has 3 aliphatic rings. The Hall–Kier alpha value is -2.89. The molecule has 0 saturated carbocycles. The summed E-state index contributed by atoms with van der Waals surface area (Å²) in [6, 6.07) is 1.16. The lowest BCUT2D eigenvalue weighted by molar-refractivity contribution is -0.0109. The van der Waals surface area contributed by atoms with Crippen LogP contribution in [0.4, 0.5) is 15.9 Å². The number of thiophene rings is 1. The first kappa shape index (κ1) is 23.5. The number of nitrogen functional groups attached to an aromatic ring is 1. The summed E-state index contributed by atoms with van der Waals surface area (Å²) in [6.45, 7) is 5.89. The highest BCUT2D eigenvalue weighted by molar-refractivity contribution is 7.21. The van der Waals surface area contributed by atoms with Gasteiger partial charge in [-0.25, -0.2) is 19.3 Å². The first-order chi connectivity index (χ1) is 17.2. The third-order valence-electron chi connectivity index (χ3n) is 8.03. The first-order valence-electron chi connectivity index (χ1n) is 12.4. The number of anilines is 2. The van der Waals surface area contributed by atoms with Gasteiger partial charge in [0.05, 0.1) is 23.7 Å². The zero-order valence-corrected chi connectivity index (χ0v) is 21.2. The van der Waals surface area contributed by atoms with Gasteiger partial charge in [0.25, 0.3) is 5.91 Å². The van der Waals surface area contributed by atoms with E-state index in [-0.39, 0.29) is 29.4 Å². The first-order valence-corrected chi connectivity index (χ1v) is 13.2. The van der Waals surface area contributed by atoms with Crippen LogP contribution in [0.3, 0.4) is 0 Å². The van der Waals surface area contributed by atoms with Gasteiger partial charge in [-0.1, -0.05) is 6.92 Å². The summed E-state index contributed by atoms with van der Waals surface area (Å²) in [5, 5.41) is 3.71. The van der Waals surface area contributed by atoms with Crippen molar-refractivity contribution in [3.63, 3.8) is 0 Å². The topological polar surface area (TPSA) is 132 Å². The highest BCUT2D eigenvalue weighted by Crippen LogP contribution is 2.40. The Bertz CT molecular complexity index is 1360. The molecule has 0 aromatic carbocycles. The van der Waals surface area contributed by atoms with Crippen molar-refractivity contribution in [1.82, 2.24) is 20.3 Å². The normalized spacial score (nSPS) is 27.7. The quantitative estimate of drug-likeness (QED) is 0.488. The highest BCUT2D eigenvalue weighted by atomic mass is 32.1. The van der Waals surface area contributed by atoms with Gasteiger partial charge in [-0.15, -0.1) is 11.3 Å². The Balaban J connectivity index is 1.18. The largest absolute Gasteiger partial charge is 0.397 e. The van der Waals surface area contributed by atoms with E-state index in [4.69, 9.17) is 21.2 Å². The number of nitrogens with one attached hydrogen (secondary N) is 1. The lowest BCUT2D eigenvalue weighted by atomic mass is 9.85. The lowest BCUT2D eigenvalue weighted by Gasteiger charge is -2.31. The van der Waals surface area contributed by atoms with Crippen molar-refractivity contribution in [3.05, 3.63) is 40.0 Å². The van der Waals surface area contributed by atoms with Crippen molar-refractivity contribution in [2.45, 2.75) is 57.2 Å². The van der Waals surface area contributed by atoms with Gasteiger partial charge in [-0.2, -0.15) is 0 Å². The molecule has 1 aliphatic carbocycles. The van der Waals surface area contributed by atoms with Crippen molar-refractivity contribution >= 4 is 39.0 Å². The fraction of sp³-hybridized carbons (Fsp3) is 0.520. The summed E-state index contributed by atoms with van der Waals surface area (Å²) < 4.78 is 21.4. The molecule has 0 bridgehead atoms. The molecular formula is C25H30FN7O2S. The number of hydrogen-bond donors (Lipinski definition) is 3. The highest BCUT2D eigenvalue weighted by Gasteiger charge is 2.52. The van der Waals surface area contributed by atoms with Gasteiger partial charge in [-0.05, 0) is 38.5 Å². The average Bonchev–Trinajstić information content (AvgIpc) is 3.50. The molecule has 190 valence electrons. The molecule has 9 nitrogen and oxygen atoms in total. The maximum atomic E-state index is 15.3. The summed E-state index contributed by atoms with van der Waals surface area (Å²) >= 11 is 1.25. The molecule has 5 N–H and O–H groups in total. The zero-order valence-electron chi connectivity index (χ0n) is 20.4. The third kappa shape index (κ3) is 3.72. The molecule has 2 fully saturated rings. The van der Waals surface area contributed by atoms with E-state index in [0.717, 1.165) is 12.1 Å². The number of rotatable bonds is 3. The van der Waals surface area contributed by atoms with Gasteiger partial charge in [0.15, 0.2) is 0 Å². The van der Waals surface area contributed by atoms with E-state index in [1.807, 2.05) is 0 Å². The van der Waals surface area contributed by atoms with Crippen molar-refractivity contribution in [2.24, 2.45) is 11.7 Å². The molecule has 3 aromatic heterocycles. The lowest BCUT2D eigenvalue weighted by Crippen LogP contribution is -2.50. The van der Waals surface area contributed by atoms with E-state index in [1.165, 1.54) is 17.4 Å². The minimum Gasteiger partial charge on any atom is -0.397 e. The SMILES string of the molecule is Cc1ncc2c(N)c(C(=O)NC3CCc4nc(N5CC(N)C6(C5)OCCC6C)cc(F)c4C3)sc2n1. The minimum absolute atomic E-state index is 0.133. The Morgan fingerprint density at radius 3 is 2.97 bits per heavy atom. The van der Waals surface area contributed by atoms with Crippen LogP contribution in [0.1, 0.15) is 46.5 Å². The molecule has 1 amide bonds. The average molecular weight is 512 g/mol. The third-order valence-corrected chi connectivity index (χ3v) is 9.15. The molecule has 6 rings (SSSR count). The van der Waals surface area contributed by atoms with Crippen LogP contribution in [0.15, 0.2) is 12.3 Å². The summed E-state index contributed by atoms with van der Waals surface area (Å²) in [4.78, 5) is 29.5. The molecule has 2 aliphatic heterocycles. The number of amides is 1. The second-order valence-corrected chi connectivity index (χ2v) is 11.3. The molecule has 4 unspecified atom stereocenters. The smallest absolute Gasteiger partial charge is 0.263 e. The van der Waals surface area contributed by atoms with E-state index in [2.05, 4.69) is 27.1 Å². The predicted octanol–water partition coefficient (Wildman–Crippen LogP) is 2.35. The van der Waals surface area contributed by atoms with Crippen LogP contribution in [-0.2, 0) is 17.6 Å². The zero-order chi connectivity index (χ0) is 25.2. The van der Waals surface area contributed by atoms with Crippen LogP contribution in [0, 0.1) is 18.7 Å². The monoisotopic (exact) mass is 511 g/mol. The number of pyridine rings is 1.